The van der Waals surface area contributed by atoms with Crippen LogP contribution in [0, 0.1) is 0 Å². The standard InChI is InChI=1S/C13H17F4N/c1-12(2,3)18-8-11(14)9-6-4-5-7-10(9)13(15,16)17/h4-7,11,18H,8H2,1-3H3. The molecule has 0 fully saturated rings. The predicted octanol–water partition coefficient (Wildman–Crippen LogP) is 4.10. The first-order valence-corrected chi connectivity index (χ1v) is 5.66. The molecule has 0 amide bonds. The van der Waals surface area contributed by atoms with E-state index in [4.69, 9.17) is 0 Å². The molecule has 0 bridgehead atoms. The van der Waals surface area contributed by atoms with Crippen molar-refractivity contribution < 1.29 is 17.6 Å². The van der Waals surface area contributed by atoms with Gasteiger partial charge in [-0.25, -0.2) is 4.39 Å². The van der Waals surface area contributed by atoms with Crippen LogP contribution < -0.4 is 5.32 Å². The Morgan fingerprint density at radius 2 is 1.67 bits per heavy atom. The monoisotopic (exact) mass is 263 g/mol. The summed E-state index contributed by atoms with van der Waals surface area (Å²) in [5.41, 5.74) is -1.56. The zero-order valence-electron chi connectivity index (χ0n) is 10.6. The fourth-order valence-electron chi connectivity index (χ4n) is 1.53. The van der Waals surface area contributed by atoms with Crippen LogP contribution in [0.5, 0.6) is 0 Å². The highest BCUT2D eigenvalue weighted by Gasteiger charge is 2.35. The highest BCUT2D eigenvalue weighted by atomic mass is 19.4. The molecule has 0 saturated carbocycles. The van der Waals surface area contributed by atoms with E-state index >= 15 is 0 Å². The lowest BCUT2D eigenvalue weighted by atomic mass is 10.0. The SMILES string of the molecule is CC(C)(C)NCC(F)c1ccccc1C(F)(F)F. The average Bonchev–Trinajstić information content (AvgIpc) is 2.24. The van der Waals surface area contributed by atoms with E-state index in [0.717, 1.165) is 6.07 Å². The first-order valence-electron chi connectivity index (χ1n) is 5.66. The van der Waals surface area contributed by atoms with Gasteiger partial charge in [0.15, 0.2) is 0 Å². The molecule has 1 aromatic carbocycles. The van der Waals surface area contributed by atoms with Gasteiger partial charge in [0.2, 0.25) is 0 Å². The van der Waals surface area contributed by atoms with E-state index in [1.807, 2.05) is 20.8 Å². The molecule has 0 aliphatic heterocycles. The largest absolute Gasteiger partial charge is 0.416 e. The van der Waals surface area contributed by atoms with Gasteiger partial charge in [0, 0.05) is 12.1 Å². The Morgan fingerprint density at radius 3 is 2.17 bits per heavy atom. The van der Waals surface area contributed by atoms with Crippen LogP contribution in [0.2, 0.25) is 0 Å². The van der Waals surface area contributed by atoms with E-state index in [0.29, 0.717) is 0 Å². The van der Waals surface area contributed by atoms with Crippen molar-refractivity contribution in [2.24, 2.45) is 0 Å². The minimum absolute atomic E-state index is 0.142. The van der Waals surface area contributed by atoms with Crippen molar-refractivity contribution in [3.05, 3.63) is 35.4 Å². The molecule has 0 aromatic heterocycles. The minimum Gasteiger partial charge on any atom is -0.309 e. The molecule has 1 rings (SSSR count). The molecule has 1 aromatic rings. The molecule has 1 nitrogen and oxygen atoms in total. The van der Waals surface area contributed by atoms with Gasteiger partial charge >= 0.3 is 6.18 Å². The second-order valence-corrected chi connectivity index (χ2v) is 5.18. The summed E-state index contributed by atoms with van der Waals surface area (Å²) in [4.78, 5) is 0. The number of benzene rings is 1. The lowest BCUT2D eigenvalue weighted by Gasteiger charge is -2.23. The van der Waals surface area contributed by atoms with E-state index in [9.17, 15) is 17.6 Å². The first kappa shape index (κ1) is 15.0. The summed E-state index contributed by atoms with van der Waals surface area (Å²) in [5, 5.41) is 2.86. The van der Waals surface area contributed by atoms with Gasteiger partial charge in [-0.3, -0.25) is 0 Å². The van der Waals surface area contributed by atoms with Gasteiger partial charge in [0.25, 0.3) is 0 Å². The van der Waals surface area contributed by atoms with E-state index in [2.05, 4.69) is 5.32 Å². The van der Waals surface area contributed by atoms with Gasteiger partial charge in [-0.2, -0.15) is 13.2 Å². The summed E-state index contributed by atoms with van der Waals surface area (Å²) in [7, 11) is 0. The molecule has 18 heavy (non-hydrogen) atoms. The number of rotatable bonds is 3. The summed E-state index contributed by atoms with van der Waals surface area (Å²) < 4.78 is 52.0. The van der Waals surface area contributed by atoms with Crippen LogP contribution in [0.3, 0.4) is 0 Å². The number of hydrogen-bond acceptors (Lipinski definition) is 1. The fourth-order valence-corrected chi connectivity index (χ4v) is 1.53. The molecule has 0 heterocycles. The van der Waals surface area contributed by atoms with Crippen LogP contribution >= 0.6 is 0 Å². The normalized spacial score (nSPS) is 14.6. The van der Waals surface area contributed by atoms with Crippen molar-refractivity contribution in [1.29, 1.82) is 0 Å². The molecule has 1 N–H and O–H groups in total. The van der Waals surface area contributed by atoms with E-state index in [1.165, 1.54) is 18.2 Å². The van der Waals surface area contributed by atoms with Crippen molar-refractivity contribution in [1.82, 2.24) is 5.32 Å². The maximum Gasteiger partial charge on any atom is 0.416 e. The van der Waals surface area contributed by atoms with Crippen molar-refractivity contribution in [2.45, 2.75) is 38.7 Å². The van der Waals surface area contributed by atoms with Crippen LogP contribution in [-0.4, -0.2) is 12.1 Å². The summed E-state index contributed by atoms with van der Waals surface area (Å²) >= 11 is 0. The van der Waals surface area contributed by atoms with Crippen LogP contribution in [0.4, 0.5) is 17.6 Å². The fraction of sp³-hybridized carbons (Fsp3) is 0.538. The van der Waals surface area contributed by atoms with Gasteiger partial charge in [0.1, 0.15) is 6.17 Å². The molecular formula is C13H17F4N. The van der Waals surface area contributed by atoms with E-state index in [1.54, 1.807) is 0 Å². The Bertz CT molecular complexity index is 393. The number of nitrogens with one attached hydrogen (secondary N) is 1. The second kappa shape index (κ2) is 5.26. The molecule has 0 aliphatic rings. The number of halogens is 4. The van der Waals surface area contributed by atoms with Gasteiger partial charge in [-0.05, 0) is 32.4 Å². The van der Waals surface area contributed by atoms with Crippen LogP contribution in [0.1, 0.15) is 38.1 Å². The summed E-state index contributed by atoms with van der Waals surface area (Å²) in [6.45, 7) is 5.34. The van der Waals surface area contributed by atoms with Gasteiger partial charge in [0.05, 0.1) is 5.56 Å². The molecular weight excluding hydrogens is 246 g/mol. The molecule has 0 radical (unpaired) electrons. The highest BCUT2D eigenvalue weighted by molar-refractivity contribution is 5.31. The van der Waals surface area contributed by atoms with Crippen LogP contribution in [0.15, 0.2) is 24.3 Å². The predicted molar refractivity (Wildman–Crippen MR) is 63.0 cm³/mol. The van der Waals surface area contributed by atoms with Crippen molar-refractivity contribution >= 4 is 0 Å². The van der Waals surface area contributed by atoms with Gasteiger partial charge in [-0.15, -0.1) is 0 Å². The van der Waals surface area contributed by atoms with Crippen LogP contribution in [0.25, 0.3) is 0 Å². The minimum atomic E-state index is -4.53. The van der Waals surface area contributed by atoms with Crippen molar-refractivity contribution in [2.75, 3.05) is 6.54 Å². The van der Waals surface area contributed by atoms with Gasteiger partial charge < -0.3 is 5.32 Å². The third-order valence-electron chi connectivity index (χ3n) is 2.42. The Labute approximate surface area is 104 Å². The van der Waals surface area contributed by atoms with Gasteiger partial charge in [-0.1, -0.05) is 18.2 Å². The zero-order chi connectivity index (χ0) is 14.0. The number of alkyl halides is 4. The van der Waals surface area contributed by atoms with Crippen molar-refractivity contribution in [3.63, 3.8) is 0 Å². The van der Waals surface area contributed by atoms with E-state index in [-0.39, 0.29) is 17.6 Å². The Hall–Kier alpha value is -1.10. The summed E-state index contributed by atoms with van der Waals surface area (Å²) in [6, 6.07) is 4.75. The molecule has 0 saturated heterocycles. The zero-order valence-corrected chi connectivity index (χ0v) is 10.6. The van der Waals surface area contributed by atoms with E-state index < -0.39 is 17.9 Å². The Balaban J connectivity index is 2.89. The Kier molecular flexibility index (Phi) is 4.37. The molecule has 0 spiro atoms. The summed E-state index contributed by atoms with van der Waals surface area (Å²) in [6.07, 6.45) is -6.20. The highest BCUT2D eigenvalue weighted by Crippen LogP contribution is 2.35. The third-order valence-corrected chi connectivity index (χ3v) is 2.42. The molecule has 0 aliphatic carbocycles. The molecule has 102 valence electrons. The first-order chi connectivity index (χ1) is 8.11. The van der Waals surface area contributed by atoms with Crippen molar-refractivity contribution in [3.8, 4) is 0 Å². The summed E-state index contributed by atoms with van der Waals surface area (Å²) in [5.74, 6) is 0. The second-order valence-electron chi connectivity index (χ2n) is 5.18. The Morgan fingerprint density at radius 1 is 1.11 bits per heavy atom. The molecule has 5 heteroatoms. The maximum atomic E-state index is 13.9. The smallest absolute Gasteiger partial charge is 0.309 e. The molecule has 1 unspecified atom stereocenters. The topological polar surface area (TPSA) is 12.0 Å². The molecule has 1 atom stereocenters. The number of hydrogen-bond donors (Lipinski definition) is 1. The maximum absolute atomic E-state index is 13.9. The quantitative estimate of drug-likeness (QED) is 0.809. The third kappa shape index (κ3) is 4.29. The lowest BCUT2D eigenvalue weighted by molar-refractivity contribution is -0.138. The average molecular weight is 263 g/mol. The van der Waals surface area contributed by atoms with Crippen LogP contribution in [-0.2, 0) is 6.18 Å². The lowest BCUT2D eigenvalue weighted by Crippen LogP contribution is -2.38.